The van der Waals surface area contributed by atoms with E-state index in [2.05, 4.69) is 0 Å². The van der Waals surface area contributed by atoms with Gasteiger partial charge in [0.2, 0.25) is 0 Å². The molecule has 0 radical (unpaired) electrons. The van der Waals surface area contributed by atoms with Crippen molar-refractivity contribution in [2.24, 2.45) is 16.7 Å². The van der Waals surface area contributed by atoms with Crippen molar-refractivity contribution in [3.05, 3.63) is 0 Å². The van der Waals surface area contributed by atoms with Gasteiger partial charge in [-0.3, -0.25) is 0 Å². The van der Waals surface area contributed by atoms with E-state index >= 15 is 0 Å². The summed E-state index contributed by atoms with van der Waals surface area (Å²) in [6.45, 7) is 4.53. The Morgan fingerprint density at radius 1 is 0.789 bits per heavy atom. The maximum atomic E-state index is 10.4. The van der Waals surface area contributed by atoms with E-state index in [9.17, 15) is 25.5 Å². The van der Waals surface area contributed by atoms with Gasteiger partial charge in [-0.05, 0) is 25.2 Å². The molecule has 0 fully saturated rings. The number of aliphatic hydroxyl groups excluding tert-OH is 5. The molecule has 0 aromatic heterocycles. The van der Waals surface area contributed by atoms with Crippen molar-refractivity contribution in [1.82, 2.24) is 0 Å². The van der Waals surface area contributed by atoms with Gasteiger partial charge in [0.25, 0.3) is 0 Å². The van der Waals surface area contributed by atoms with E-state index in [-0.39, 0.29) is 32.3 Å². The van der Waals surface area contributed by atoms with Crippen molar-refractivity contribution < 1.29 is 25.5 Å². The minimum Gasteiger partial charge on any atom is -0.396 e. The predicted molar refractivity (Wildman–Crippen MR) is 73.6 cm³/mol. The van der Waals surface area contributed by atoms with Crippen LogP contribution < -0.4 is 0 Å². The van der Waals surface area contributed by atoms with E-state index in [0.29, 0.717) is 19.3 Å². The summed E-state index contributed by atoms with van der Waals surface area (Å²) in [6, 6.07) is 0. The van der Waals surface area contributed by atoms with Gasteiger partial charge in [-0.2, -0.15) is 0 Å². The third-order valence-electron chi connectivity index (χ3n) is 5.00. The highest BCUT2D eigenvalue weighted by Gasteiger charge is 2.40. The summed E-state index contributed by atoms with van der Waals surface area (Å²) in [4.78, 5) is 0. The summed E-state index contributed by atoms with van der Waals surface area (Å²) in [5.41, 5.74) is -1.55. The first-order valence-electron chi connectivity index (χ1n) is 7.03. The lowest BCUT2D eigenvalue weighted by Crippen LogP contribution is -2.45. The average Bonchev–Trinajstić information content (AvgIpc) is 2.44. The minimum atomic E-state index is -0.996. The van der Waals surface area contributed by atoms with Gasteiger partial charge in [-0.25, -0.2) is 0 Å². The molecule has 2 unspecified atom stereocenters. The standard InChI is InChI=1S/C14H30O5/c1-4-13(5-2,7-15)12(19)6-11(3)14(8-16,9-17)10-18/h11-12,15-19H,4-10H2,1-3H3. The van der Waals surface area contributed by atoms with Crippen molar-refractivity contribution in [2.75, 3.05) is 26.4 Å². The van der Waals surface area contributed by atoms with Gasteiger partial charge < -0.3 is 25.5 Å². The summed E-state index contributed by atoms with van der Waals surface area (Å²) in [7, 11) is 0. The molecule has 0 aliphatic heterocycles. The van der Waals surface area contributed by atoms with Crippen LogP contribution in [0.4, 0.5) is 0 Å². The second kappa shape index (κ2) is 8.17. The van der Waals surface area contributed by atoms with Gasteiger partial charge in [0.05, 0.1) is 32.5 Å². The molecular formula is C14H30O5. The van der Waals surface area contributed by atoms with E-state index in [1.807, 2.05) is 13.8 Å². The normalized spacial score (nSPS) is 16.4. The Hall–Kier alpha value is -0.200. The summed E-state index contributed by atoms with van der Waals surface area (Å²) >= 11 is 0. The zero-order valence-corrected chi connectivity index (χ0v) is 12.3. The molecule has 0 rings (SSSR count). The molecule has 5 nitrogen and oxygen atoms in total. The second-order valence-electron chi connectivity index (χ2n) is 5.72. The van der Waals surface area contributed by atoms with Crippen LogP contribution >= 0.6 is 0 Å². The average molecular weight is 278 g/mol. The van der Waals surface area contributed by atoms with Gasteiger partial charge >= 0.3 is 0 Å². The highest BCUT2D eigenvalue weighted by atomic mass is 16.3. The molecule has 0 aliphatic rings. The highest BCUT2D eigenvalue weighted by Crippen LogP contribution is 2.37. The number of rotatable bonds is 10. The molecule has 0 spiro atoms. The Bertz CT molecular complexity index is 195. The summed E-state index contributed by atoms with van der Waals surface area (Å²) < 4.78 is 0. The van der Waals surface area contributed by atoms with Crippen molar-refractivity contribution in [3.63, 3.8) is 0 Å². The van der Waals surface area contributed by atoms with Crippen LogP contribution in [0.25, 0.3) is 0 Å². The molecule has 0 bridgehead atoms. The molecule has 0 amide bonds. The van der Waals surface area contributed by atoms with Crippen LogP contribution in [-0.2, 0) is 0 Å². The predicted octanol–water partition coefficient (Wildman–Crippen LogP) is 0.136. The molecular weight excluding hydrogens is 248 g/mol. The molecule has 0 aliphatic carbocycles. The lowest BCUT2D eigenvalue weighted by molar-refractivity contribution is -0.0778. The second-order valence-corrected chi connectivity index (χ2v) is 5.72. The zero-order valence-electron chi connectivity index (χ0n) is 12.3. The van der Waals surface area contributed by atoms with Gasteiger partial charge in [-0.15, -0.1) is 0 Å². The van der Waals surface area contributed by atoms with Gasteiger partial charge in [-0.1, -0.05) is 20.8 Å². The lowest BCUT2D eigenvalue weighted by atomic mass is 9.69. The molecule has 19 heavy (non-hydrogen) atoms. The van der Waals surface area contributed by atoms with Crippen molar-refractivity contribution >= 4 is 0 Å². The SMILES string of the molecule is CCC(CC)(CO)C(O)CC(C)C(CO)(CO)CO. The van der Waals surface area contributed by atoms with Gasteiger partial charge in [0, 0.05) is 10.8 Å². The Morgan fingerprint density at radius 3 is 1.42 bits per heavy atom. The van der Waals surface area contributed by atoms with Crippen LogP contribution in [0, 0.1) is 16.7 Å². The zero-order chi connectivity index (χ0) is 15.1. The Balaban J connectivity index is 4.92. The Morgan fingerprint density at radius 2 is 1.16 bits per heavy atom. The highest BCUT2D eigenvalue weighted by molar-refractivity contribution is 4.90. The Kier molecular flexibility index (Phi) is 8.08. The third-order valence-corrected chi connectivity index (χ3v) is 5.00. The molecule has 116 valence electrons. The number of aliphatic hydroxyl groups is 5. The number of hydrogen-bond donors (Lipinski definition) is 5. The smallest absolute Gasteiger partial charge is 0.0621 e. The molecule has 0 heterocycles. The van der Waals surface area contributed by atoms with E-state index in [1.54, 1.807) is 6.92 Å². The first kappa shape index (κ1) is 18.8. The molecule has 5 N–H and O–H groups in total. The van der Waals surface area contributed by atoms with Gasteiger partial charge in [0.1, 0.15) is 0 Å². The summed E-state index contributed by atoms with van der Waals surface area (Å²) in [6.07, 6.45) is 0.895. The fraction of sp³-hybridized carbons (Fsp3) is 1.00. The first-order valence-corrected chi connectivity index (χ1v) is 7.03. The van der Waals surface area contributed by atoms with E-state index in [4.69, 9.17) is 0 Å². The molecule has 0 aromatic carbocycles. The van der Waals surface area contributed by atoms with Crippen LogP contribution in [0.15, 0.2) is 0 Å². The van der Waals surface area contributed by atoms with E-state index in [1.165, 1.54) is 0 Å². The van der Waals surface area contributed by atoms with Crippen LogP contribution in [0.3, 0.4) is 0 Å². The fourth-order valence-electron chi connectivity index (χ4n) is 2.50. The van der Waals surface area contributed by atoms with Crippen LogP contribution in [0.5, 0.6) is 0 Å². The van der Waals surface area contributed by atoms with Crippen molar-refractivity contribution in [3.8, 4) is 0 Å². The largest absolute Gasteiger partial charge is 0.396 e. The quantitative estimate of drug-likeness (QED) is 0.391. The summed E-state index contributed by atoms with van der Waals surface area (Å²) in [5.74, 6) is -0.258. The monoisotopic (exact) mass is 278 g/mol. The molecule has 2 atom stereocenters. The lowest BCUT2D eigenvalue weighted by Gasteiger charge is -2.40. The summed E-state index contributed by atoms with van der Waals surface area (Å²) in [5, 5.41) is 48.1. The third kappa shape index (κ3) is 3.89. The van der Waals surface area contributed by atoms with E-state index < -0.39 is 16.9 Å². The van der Waals surface area contributed by atoms with E-state index in [0.717, 1.165) is 0 Å². The maximum absolute atomic E-state index is 10.4. The molecule has 5 heteroatoms. The van der Waals surface area contributed by atoms with Crippen LogP contribution in [0.2, 0.25) is 0 Å². The maximum Gasteiger partial charge on any atom is 0.0621 e. The molecule has 0 saturated heterocycles. The van der Waals surface area contributed by atoms with Gasteiger partial charge in [0.15, 0.2) is 0 Å². The minimum absolute atomic E-state index is 0.0989. The fourth-order valence-corrected chi connectivity index (χ4v) is 2.50. The number of hydrogen-bond acceptors (Lipinski definition) is 5. The van der Waals surface area contributed by atoms with Crippen molar-refractivity contribution in [1.29, 1.82) is 0 Å². The molecule has 0 aromatic rings. The Labute approximate surface area is 115 Å². The topological polar surface area (TPSA) is 101 Å². The van der Waals surface area contributed by atoms with Crippen LogP contribution in [0.1, 0.15) is 40.0 Å². The molecule has 0 saturated carbocycles. The van der Waals surface area contributed by atoms with Crippen LogP contribution in [-0.4, -0.2) is 58.1 Å². The first-order chi connectivity index (χ1) is 8.91. The van der Waals surface area contributed by atoms with Crippen molar-refractivity contribution in [2.45, 2.75) is 46.1 Å².